The molecule has 0 spiro atoms. The molecule has 0 fully saturated rings. The van der Waals surface area contributed by atoms with Gasteiger partial charge in [0.2, 0.25) is 0 Å². The Morgan fingerprint density at radius 3 is 2.62 bits per heavy atom. The molecule has 0 saturated carbocycles. The molecule has 2 amide bonds. The number of amides is 2. The molecular weight excluding hydrogens is 343 g/mol. The number of hydrogen-bond donors (Lipinski definition) is 3. The molecular formula is C19H20F3N3O. The zero-order chi connectivity index (χ0) is 18.6. The van der Waals surface area contributed by atoms with Crippen molar-refractivity contribution in [3.05, 3.63) is 59.2 Å². The van der Waals surface area contributed by atoms with Crippen molar-refractivity contribution in [1.29, 1.82) is 0 Å². The highest BCUT2D eigenvalue weighted by Gasteiger charge is 2.29. The molecule has 2 aromatic rings. The Balaban J connectivity index is 1.47. The van der Waals surface area contributed by atoms with E-state index in [2.05, 4.69) is 34.1 Å². The molecule has 0 aliphatic carbocycles. The minimum Gasteiger partial charge on any atom is -0.385 e. The molecule has 138 valence electrons. The molecule has 0 saturated heterocycles. The lowest BCUT2D eigenvalue weighted by molar-refractivity contribution is -0.137. The zero-order valence-corrected chi connectivity index (χ0v) is 14.1. The van der Waals surface area contributed by atoms with Gasteiger partial charge in [-0.05, 0) is 60.7 Å². The summed E-state index contributed by atoms with van der Waals surface area (Å²) < 4.78 is 37.5. The van der Waals surface area contributed by atoms with Crippen molar-refractivity contribution >= 4 is 17.4 Å². The average Bonchev–Trinajstić information content (AvgIpc) is 2.61. The number of carbonyl (C=O) groups excluding carboxylic acids is 1. The van der Waals surface area contributed by atoms with Crippen molar-refractivity contribution in [3.8, 4) is 0 Å². The van der Waals surface area contributed by atoms with Crippen molar-refractivity contribution in [2.45, 2.75) is 25.4 Å². The Labute approximate surface area is 149 Å². The Morgan fingerprint density at radius 1 is 1.12 bits per heavy atom. The van der Waals surface area contributed by atoms with Crippen LogP contribution in [-0.2, 0) is 19.0 Å². The smallest absolute Gasteiger partial charge is 0.385 e. The first-order valence-corrected chi connectivity index (χ1v) is 8.49. The second kappa shape index (κ2) is 7.68. The lowest BCUT2D eigenvalue weighted by Gasteiger charge is -2.18. The average molecular weight is 363 g/mol. The summed E-state index contributed by atoms with van der Waals surface area (Å²) >= 11 is 0. The molecule has 1 aliphatic rings. The third-order valence-corrected chi connectivity index (χ3v) is 4.28. The Bertz CT molecular complexity index is 773. The summed E-state index contributed by atoms with van der Waals surface area (Å²) in [5.74, 6) is 0. The maximum Gasteiger partial charge on any atom is 0.416 e. The number of aryl methyl sites for hydroxylation is 1. The number of hydrogen-bond acceptors (Lipinski definition) is 2. The molecule has 2 aromatic carbocycles. The van der Waals surface area contributed by atoms with Crippen LogP contribution in [0.4, 0.5) is 29.3 Å². The third-order valence-electron chi connectivity index (χ3n) is 4.28. The fourth-order valence-electron chi connectivity index (χ4n) is 2.90. The highest BCUT2D eigenvalue weighted by Crippen LogP contribution is 2.29. The van der Waals surface area contributed by atoms with Crippen molar-refractivity contribution in [3.63, 3.8) is 0 Å². The second-order valence-electron chi connectivity index (χ2n) is 6.23. The maximum absolute atomic E-state index is 12.5. The molecule has 0 unspecified atom stereocenters. The number of anilines is 2. The number of rotatable bonds is 4. The van der Waals surface area contributed by atoms with Crippen LogP contribution < -0.4 is 16.0 Å². The van der Waals surface area contributed by atoms with Gasteiger partial charge in [0.15, 0.2) is 0 Å². The Morgan fingerprint density at radius 2 is 1.88 bits per heavy atom. The first-order valence-electron chi connectivity index (χ1n) is 8.49. The van der Waals surface area contributed by atoms with Gasteiger partial charge in [0.05, 0.1) is 5.56 Å². The van der Waals surface area contributed by atoms with Gasteiger partial charge in [-0.15, -0.1) is 0 Å². The molecule has 0 bridgehead atoms. The van der Waals surface area contributed by atoms with Crippen LogP contribution in [-0.4, -0.2) is 19.1 Å². The summed E-state index contributed by atoms with van der Waals surface area (Å²) in [6.07, 6.45) is -1.49. The van der Waals surface area contributed by atoms with E-state index in [0.717, 1.165) is 42.8 Å². The highest BCUT2D eigenvalue weighted by molar-refractivity contribution is 5.89. The van der Waals surface area contributed by atoms with Crippen LogP contribution in [0.2, 0.25) is 0 Å². The summed E-state index contributed by atoms with van der Waals surface area (Å²) in [6.45, 7) is 1.41. The van der Waals surface area contributed by atoms with Crippen LogP contribution in [0.1, 0.15) is 23.1 Å². The van der Waals surface area contributed by atoms with Gasteiger partial charge in [0.1, 0.15) is 0 Å². The molecule has 0 atom stereocenters. The number of carbonyl (C=O) groups is 1. The largest absolute Gasteiger partial charge is 0.416 e. The Hall–Kier alpha value is -2.70. The normalized spacial score (nSPS) is 13.5. The van der Waals surface area contributed by atoms with E-state index < -0.39 is 17.8 Å². The molecule has 1 heterocycles. The van der Waals surface area contributed by atoms with E-state index >= 15 is 0 Å². The lowest BCUT2D eigenvalue weighted by Crippen LogP contribution is -2.30. The molecule has 1 aliphatic heterocycles. The van der Waals surface area contributed by atoms with Gasteiger partial charge in [-0.3, -0.25) is 0 Å². The van der Waals surface area contributed by atoms with Gasteiger partial charge in [-0.25, -0.2) is 4.79 Å². The molecule has 0 radical (unpaired) electrons. The number of fused-ring (bicyclic) bond motifs is 1. The molecule has 4 nitrogen and oxygen atoms in total. The van der Waals surface area contributed by atoms with Crippen LogP contribution in [0.3, 0.4) is 0 Å². The monoisotopic (exact) mass is 363 g/mol. The van der Waals surface area contributed by atoms with E-state index in [-0.39, 0.29) is 0 Å². The van der Waals surface area contributed by atoms with E-state index in [0.29, 0.717) is 18.7 Å². The molecule has 3 N–H and O–H groups in total. The number of nitrogens with one attached hydrogen (secondary N) is 3. The van der Waals surface area contributed by atoms with E-state index in [1.807, 2.05) is 0 Å². The second-order valence-corrected chi connectivity index (χ2v) is 6.23. The van der Waals surface area contributed by atoms with Crippen LogP contribution in [0, 0.1) is 0 Å². The minimum atomic E-state index is -4.38. The molecule has 3 rings (SSSR count). The fourth-order valence-corrected chi connectivity index (χ4v) is 2.90. The van der Waals surface area contributed by atoms with Crippen LogP contribution >= 0.6 is 0 Å². The summed E-state index contributed by atoms with van der Waals surface area (Å²) in [5.41, 5.74) is 3.15. The van der Waals surface area contributed by atoms with Crippen molar-refractivity contribution < 1.29 is 18.0 Å². The number of alkyl halides is 3. The SMILES string of the molecule is O=C(NCCc1ccc2c(c1)NCCC2)Nc1ccc(C(F)(F)F)cc1. The molecule has 26 heavy (non-hydrogen) atoms. The first kappa shape index (κ1) is 18.1. The standard InChI is InChI=1S/C19H20F3N3O/c20-19(21,22)15-5-7-16(8-6-15)25-18(26)24-11-9-13-3-4-14-2-1-10-23-17(14)12-13/h3-8,12,23H,1-2,9-11H2,(H2,24,25,26). The topological polar surface area (TPSA) is 53.2 Å². The van der Waals surface area contributed by atoms with Crippen LogP contribution in [0.5, 0.6) is 0 Å². The van der Waals surface area contributed by atoms with Gasteiger partial charge < -0.3 is 16.0 Å². The summed E-state index contributed by atoms with van der Waals surface area (Å²) in [7, 11) is 0. The van der Waals surface area contributed by atoms with E-state index in [4.69, 9.17) is 0 Å². The highest BCUT2D eigenvalue weighted by atomic mass is 19.4. The van der Waals surface area contributed by atoms with Crippen molar-refractivity contribution in [1.82, 2.24) is 5.32 Å². The number of halogens is 3. The van der Waals surface area contributed by atoms with Crippen LogP contribution in [0.25, 0.3) is 0 Å². The summed E-state index contributed by atoms with van der Waals surface area (Å²) in [6, 6.07) is 10.2. The quantitative estimate of drug-likeness (QED) is 0.753. The van der Waals surface area contributed by atoms with Crippen molar-refractivity contribution in [2.24, 2.45) is 0 Å². The summed E-state index contributed by atoms with van der Waals surface area (Å²) in [5, 5.41) is 8.61. The number of benzene rings is 2. The van der Waals surface area contributed by atoms with Gasteiger partial charge in [-0.2, -0.15) is 13.2 Å². The maximum atomic E-state index is 12.5. The van der Waals surface area contributed by atoms with E-state index in [1.165, 1.54) is 17.7 Å². The first-order chi connectivity index (χ1) is 12.4. The minimum absolute atomic E-state index is 0.313. The molecule has 0 aromatic heterocycles. The predicted molar refractivity (Wildman–Crippen MR) is 95.4 cm³/mol. The van der Waals surface area contributed by atoms with Gasteiger partial charge in [-0.1, -0.05) is 12.1 Å². The van der Waals surface area contributed by atoms with E-state index in [9.17, 15) is 18.0 Å². The van der Waals surface area contributed by atoms with Gasteiger partial charge in [0.25, 0.3) is 0 Å². The fraction of sp³-hybridized carbons (Fsp3) is 0.316. The molecule has 7 heteroatoms. The lowest BCUT2D eigenvalue weighted by atomic mass is 10.0. The summed E-state index contributed by atoms with van der Waals surface area (Å²) in [4.78, 5) is 11.9. The Kier molecular flexibility index (Phi) is 5.35. The zero-order valence-electron chi connectivity index (χ0n) is 14.1. The van der Waals surface area contributed by atoms with E-state index in [1.54, 1.807) is 0 Å². The van der Waals surface area contributed by atoms with Crippen LogP contribution in [0.15, 0.2) is 42.5 Å². The third kappa shape index (κ3) is 4.68. The van der Waals surface area contributed by atoms with Crippen molar-refractivity contribution in [2.75, 3.05) is 23.7 Å². The predicted octanol–water partition coefficient (Wildman–Crippen LogP) is 4.43. The number of urea groups is 1. The van der Waals surface area contributed by atoms with Gasteiger partial charge >= 0.3 is 12.2 Å². The van der Waals surface area contributed by atoms with Gasteiger partial charge in [0, 0.05) is 24.5 Å².